The van der Waals surface area contributed by atoms with E-state index in [0.29, 0.717) is 6.04 Å². The maximum absolute atomic E-state index is 5.67. The summed E-state index contributed by atoms with van der Waals surface area (Å²) in [7, 11) is 0. The molecule has 1 atom stereocenters. The number of nitrogens with one attached hydrogen (secondary N) is 1. The molecule has 4 heteroatoms. The maximum Gasteiger partial charge on any atom is 0.124 e. The molecule has 1 aliphatic rings. The Hall–Kier alpha value is -0.840. The normalized spacial score (nSPS) is 18.2. The summed E-state index contributed by atoms with van der Waals surface area (Å²) >= 11 is 5.35. The first kappa shape index (κ1) is 12.2. The molecule has 3 rings (SSSR count). The van der Waals surface area contributed by atoms with Gasteiger partial charge in [0.25, 0.3) is 0 Å². The maximum atomic E-state index is 5.67. The number of ether oxygens (including phenoxy) is 1. The predicted molar refractivity (Wildman–Crippen MR) is 78.2 cm³/mol. The molecule has 0 saturated carbocycles. The van der Waals surface area contributed by atoms with Gasteiger partial charge in [0, 0.05) is 33.9 Å². The van der Waals surface area contributed by atoms with Crippen molar-refractivity contribution in [3.8, 4) is 5.75 Å². The Morgan fingerprint density at radius 1 is 1.33 bits per heavy atom. The van der Waals surface area contributed by atoms with Crippen molar-refractivity contribution < 1.29 is 4.74 Å². The molecular formula is C14H14BrNOS. The lowest BCUT2D eigenvalue weighted by molar-refractivity contribution is 0.252. The fraction of sp³-hybridized carbons (Fsp3) is 0.286. The van der Waals surface area contributed by atoms with Crippen LogP contribution in [0.2, 0.25) is 0 Å². The third-order valence-electron chi connectivity index (χ3n) is 3.16. The molecule has 0 amide bonds. The fourth-order valence-electron chi connectivity index (χ4n) is 2.22. The highest BCUT2D eigenvalue weighted by Gasteiger charge is 2.20. The Morgan fingerprint density at radius 2 is 2.22 bits per heavy atom. The summed E-state index contributed by atoms with van der Waals surface area (Å²) in [6.07, 6.45) is 1.03. The quantitative estimate of drug-likeness (QED) is 0.917. The zero-order valence-electron chi connectivity index (χ0n) is 9.86. The monoisotopic (exact) mass is 323 g/mol. The molecule has 1 N–H and O–H groups in total. The van der Waals surface area contributed by atoms with E-state index in [0.717, 1.165) is 25.3 Å². The van der Waals surface area contributed by atoms with Gasteiger partial charge in [0.15, 0.2) is 0 Å². The van der Waals surface area contributed by atoms with Crippen molar-refractivity contribution in [2.75, 3.05) is 6.61 Å². The summed E-state index contributed by atoms with van der Waals surface area (Å²) in [5.74, 6) is 1.02. The van der Waals surface area contributed by atoms with E-state index in [1.165, 1.54) is 14.9 Å². The van der Waals surface area contributed by atoms with Crippen LogP contribution in [0.3, 0.4) is 0 Å². The lowest BCUT2D eigenvalue weighted by Crippen LogP contribution is -2.26. The molecule has 1 aromatic carbocycles. The first-order chi connectivity index (χ1) is 8.84. The first-order valence-electron chi connectivity index (χ1n) is 6.01. The second-order valence-electron chi connectivity index (χ2n) is 4.30. The number of para-hydroxylation sites is 1. The summed E-state index contributed by atoms with van der Waals surface area (Å²) < 4.78 is 6.86. The van der Waals surface area contributed by atoms with Crippen LogP contribution in [-0.2, 0) is 6.54 Å². The molecule has 94 valence electrons. The number of halogens is 1. The topological polar surface area (TPSA) is 21.3 Å². The van der Waals surface area contributed by atoms with E-state index >= 15 is 0 Å². The van der Waals surface area contributed by atoms with Crippen LogP contribution in [-0.4, -0.2) is 6.61 Å². The third-order valence-corrected chi connectivity index (χ3v) is 5.08. The highest BCUT2D eigenvalue weighted by Crippen LogP contribution is 2.32. The van der Waals surface area contributed by atoms with Crippen LogP contribution < -0.4 is 10.1 Å². The van der Waals surface area contributed by atoms with Crippen molar-refractivity contribution in [2.45, 2.75) is 19.0 Å². The van der Waals surface area contributed by atoms with Crippen LogP contribution in [0.15, 0.2) is 40.2 Å². The molecule has 18 heavy (non-hydrogen) atoms. The Morgan fingerprint density at radius 3 is 3.06 bits per heavy atom. The summed E-state index contributed by atoms with van der Waals surface area (Å²) in [4.78, 5) is 1.35. The smallest absolute Gasteiger partial charge is 0.124 e. The van der Waals surface area contributed by atoms with Crippen LogP contribution in [0.5, 0.6) is 5.75 Å². The van der Waals surface area contributed by atoms with Crippen LogP contribution in [0.25, 0.3) is 0 Å². The van der Waals surface area contributed by atoms with Gasteiger partial charge in [0.05, 0.1) is 6.61 Å². The van der Waals surface area contributed by atoms with Crippen LogP contribution >= 0.6 is 27.3 Å². The van der Waals surface area contributed by atoms with Gasteiger partial charge in [-0.3, -0.25) is 0 Å². The zero-order valence-corrected chi connectivity index (χ0v) is 12.3. The van der Waals surface area contributed by atoms with Crippen molar-refractivity contribution in [3.05, 3.63) is 50.6 Å². The second-order valence-corrected chi connectivity index (χ2v) is 6.16. The standard InChI is InChI=1S/C14H14BrNOS/c15-11-6-8-18-14(11)9-16-12-5-7-17-13-4-2-1-3-10(12)13/h1-4,6,8,12,16H,5,7,9H2. The molecule has 2 aromatic rings. The summed E-state index contributed by atoms with van der Waals surface area (Å²) in [5.41, 5.74) is 1.27. The van der Waals surface area contributed by atoms with Crippen molar-refractivity contribution in [1.82, 2.24) is 5.32 Å². The minimum atomic E-state index is 0.393. The van der Waals surface area contributed by atoms with Crippen molar-refractivity contribution in [2.24, 2.45) is 0 Å². The van der Waals surface area contributed by atoms with E-state index in [1.807, 2.05) is 12.1 Å². The number of benzene rings is 1. The number of thiophene rings is 1. The highest BCUT2D eigenvalue weighted by atomic mass is 79.9. The molecular weight excluding hydrogens is 310 g/mol. The second kappa shape index (κ2) is 5.43. The van der Waals surface area contributed by atoms with Gasteiger partial charge < -0.3 is 10.1 Å². The van der Waals surface area contributed by atoms with Gasteiger partial charge in [-0.1, -0.05) is 18.2 Å². The van der Waals surface area contributed by atoms with Crippen molar-refractivity contribution in [3.63, 3.8) is 0 Å². The lowest BCUT2D eigenvalue weighted by atomic mass is 10.0. The van der Waals surface area contributed by atoms with E-state index in [4.69, 9.17) is 4.74 Å². The molecule has 1 aliphatic heterocycles. The molecule has 0 radical (unpaired) electrons. The summed E-state index contributed by atoms with van der Waals surface area (Å²) in [6, 6.07) is 10.8. The van der Waals surface area contributed by atoms with Crippen LogP contribution in [0, 0.1) is 0 Å². The lowest BCUT2D eigenvalue weighted by Gasteiger charge is -2.26. The molecule has 0 spiro atoms. The van der Waals surface area contributed by atoms with Crippen LogP contribution in [0.4, 0.5) is 0 Å². The van der Waals surface area contributed by atoms with Gasteiger partial charge in [0.1, 0.15) is 5.75 Å². The Labute approximate surface area is 119 Å². The van der Waals surface area contributed by atoms with E-state index in [9.17, 15) is 0 Å². The number of fused-ring (bicyclic) bond motifs is 1. The van der Waals surface area contributed by atoms with Gasteiger partial charge in [-0.15, -0.1) is 11.3 Å². The summed E-state index contributed by atoms with van der Waals surface area (Å²) in [5, 5.41) is 5.73. The minimum Gasteiger partial charge on any atom is -0.493 e. The Bertz CT molecular complexity index is 540. The first-order valence-corrected chi connectivity index (χ1v) is 7.69. The van der Waals surface area contributed by atoms with Crippen LogP contribution in [0.1, 0.15) is 22.9 Å². The predicted octanol–water partition coefficient (Wildman–Crippen LogP) is 4.12. The minimum absolute atomic E-state index is 0.393. The molecule has 0 fully saturated rings. The van der Waals surface area contributed by atoms with Gasteiger partial charge in [0.2, 0.25) is 0 Å². The molecule has 2 heterocycles. The van der Waals surface area contributed by atoms with E-state index in [1.54, 1.807) is 11.3 Å². The molecule has 0 aliphatic carbocycles. The van der Waals surface area contributed by atoms with Crippen molar-refractivity contribution in [1.29, 1.82) is 0 Å². The van der Waals surface area contributed by atoms with E-state index in [-0.39, 0.29) is 0 Å². The van der Waals surface area contributed by atoms with E-state index < -0.39 is 0 Å². The largest absolute Gasteiger partial charge is 0.493 e. The highest BCUT2D eigenvalue weighted by molar-refractivity contribution is 9.10. The van der Waals surface area contributed by atoms with Gasteiger partial charge >= 0.3 is 0 Å². The zero-order chi connectivity index (χ0) is 12.4. The van der Waals surface area contributed by atoms with Gasteiger partial charge in [-0.25, -0.2) is 0 Å². The van der Waals surface area contributed by atoms with E-state index in [2.05, 4.69) is 44.8 Å². The Kier molecular flexibility index (Phi) is 3.68. The number of rotatable bonds is 3. The molecule has 2 nitrogen and oxygen atoms in total. The SMILES string of the molecule is Brc1ccsc1CNC1CCOc2ccccc21. The fourth-order valence-corrected chi connectivity index (χ4v) is 3.66. The average molecular weight is 324 g/mol. The van der Waals surface area contributed by atoms with Gasteiger partial charge in [-0.05, 0) is 33.4 Å². The average Bonchev–Trinajstić information content (AvgIpc) is 2.82. The van der Waals surface area contributed by atoms with Gasteiger partial charge in [-0.2, -0.15) is 0 Å². The summed E-state index contributed by atoms with van der Waals surface area (Å²) in [6.45, 7) is 1.69. The Balaban J connectivity index is 1.73. The number of hydrogen-bond donors (Lipinski definition) is 1. The number of hydrogen-bond acceptors (Lipinski definition) is 3. The molecule has 0 bridgehead atoms. The molecule has 0 saturated heterocycles. The van der Waals surface area contributed by atoms with Crippen molar-refractivity contribution >= 4 is 27.3 Å². The molecule has 1 unspecified atom stereocenters. The molecule has 1 aromatic heterocycles. The third kappa shape index (κ3) is 2.46.